The lowest BCUT2D eigenvalue weighted by Crippen LogP contribution is -2.36. The third-order valence-corrected chi connectivity index (χ3v) is 8.78. The fourth-order valence-electron chi connectivity index (χ4n) is 6.44. The molecular formula is C33H48N4O4. The maximum absolute atomic E-state index is 14.0. The molecule has 0 N–H and O–H groups in total. The SMILES string of the molecule is CC(=O)N1CCCCCCCN(C(=O)c2oc(CN3CCCCC3)cc2C)Cc2ccc(CN3CCOCC3)cc21. The maximum Gasteiger partial charge on any atom is 0.290 e. The number of carbonyl (C=O) groups excluding carboxylic acids is 2. The molecule has 2 fully saturated rings. The van der Waals surface area contributed by atoms with Crippen molar-refractivity contribution in [2.24, 2.45) is 0 Å². The summed E-state index contributed by atoms with van der Waals surface area (Å²) >= 11 is 0. The van der Waals surface area contributed by atoms with Gasteiger partial charge in [-0.2, -0.15) is 0 Å². The first-order valence-corrected chi connectivity index (χ1v) is 15.8. The molecule has 0 spiro atoms. The molecule has 0 saturated carbocycles. The van der Waals surface area contributed by atoms with E-state index in [-0.39, 0.29) is 11.8 Å². The largest absolute Gasteiger partial charge is 0.454 e. The highest BCUT2D eigenvalue weighted by Crippen LogP contribution is 2.28. The first kappa shape index (κ1) is 29.8. The summed E-state index contributed by atoms with van der Waals surface area (Å²) in [6.45, 7) is 12.6. The van der Waals surface area contributed by atoms with Crippen LogP contribution in [0.4, 0.5) is 5.69 Å². The van der Waals surface area contributed by atoms with Gasteiger partial charge >= 0.3 is 0 Å². The van der Waals surface area contributed by atoms with E-state index in [1.165, 1.54) is 24.8 Å². The van der Waals surface area contributed by atoms with Crippen LogP contribution in [-0.4, -0.2) is 79.0 Å². The number of nitrogens with zero attached hydrogens (tertiary/aromatic N) is 4. The predicted molar refractivity (Wildman–Crippen MR) is 161 cm³/mol. The Balaban J connectivity index is 1.41. The number of ether oxygens (including phenoxy) is 1. The Kier molecular flexibility index (Phi) is 10.5. The molecule has 41 heavy (non-hydrogen) atoms. The number of hydrogen-bond donors (Lipinski definition) is 0. The van der Waals surface area contributed by atoms with Crippen molar-refractivity contribution in [2.45, 2.75) is 84.8 Å². The molecule has 8 heteroatoms. The summed E-state index contributed by atoms with van der Waals surface area (Å²) in [6, 6.07) is 8.51. The van der Waals surface area contributed by atoms with Crippen LogP contribution in [0.5, 0.6) is 0 Å². The molecule has 0 bridgehead atoms. The predicted octanol–water partition coefficient (Wildman–Crippen LogP) is 5.37. The highest BCUT2D eigenvalue weighted by Gasteiger charge is 2.26. The number of rotatable bonds is 5. The Bertz CT molecular complexity index is 1170. The zero-order chi connectivity index (χ0) is 28.6. The normalized spacial score (nSPS) is 20.2. The van der Waals surface area contributed by atoms with Gasteiger partial charge in [0.05, 0.1) is 19.8 Å². The summed E-state index contributed by atoms with van der Waals surface area (Å²) in [4.78, 5) is 35.6. The Labute approximate surface area is 245 Å². The molecule has 3 aliphatic rings. The lowest BCUT2D eigenvalue weighted by atomic mass is 10.0. The van der Waals surface area contributed by atoms with Crippen LogP contribution in [0, 0.1) is 6.92 Å². The molecule has 0 atom stereocenters. The summed E-state index contributed by atoms with van der Waals surface area (Å²) in [5.41, 5.74) is 4.03. The first-order chi connectivity index (χ1) is 20.0. The van der Waals surface area contributed by atoms with Crippen LogP contribution in [0.2, 0.25) is 0 Å². The molecule has 2 aromatic rings. The molecule has 1 aromatic heterocycles. The van der Waals surface area contributed by atoms with E-state index < -0.39 is 0 Å². The van der Waals surface area contributed by atoms with Gasteiger partial charge in [-0.1, -0.05) is 37.8 Å². The van der Waals surface area contributed by atoms with Gasteiger partial charge in [0, 0.05) is 57.4 Å². The average molecular weight is 565 g/mol. The Morgan fingerprint density at radius 1 is 0.780 bits per heavy atom. The molecule has 8 nitrogen and oxygen atoms in total. The fraction of sp³-hybridized carbons (Fsp3) is 0.636. The van der Waals surface area contributed by atoms with E-state index in [2.05, 4.69) is 28.0 Å². The van der Waals surface area contributed by atoms with E-state index in [1.807, 2.05) is 22.8 Å². The first-order valence-electron chi connectivity index (χ1n) is 15.8. The molecule has 224 valence electrons. The molecule has 5 rings (SSSR count). The number of hydrogen-bond acceptors (Lipinski definition) is 6. The van der Waals surface area contributed by atoms with Crippen molar-refractivity contribution in [3.63, 3.8) is 0 Å². The Morgan fingerprint density at radius 2 is 1.44 bits per heavy atom. The third-order valence-electron chi connectivity index (χ3n) is 8.78. The lowest BCUT2D eigenvalue weighted by molar-refractivity contribution is -0.116. The van der Waals surface area contributed by atoms with E-state index in [0.29, 0.717) is 25.4 Å². The van der Waals surface area contributed by atoms with Gasteiger partial charge in [0.15, 0.2) is 5.76 Å². The van der Waals surface area contributed by atoms with Gasteiger partial charge in [0.2, 0.25) is 5.91 Å². The van der Waals surface area contributed by atoms with Crippen LogP contribution in [0.1, 0.15) is 91.3 Å². The zero-order valence-corrected chi connectivity index (χ0v) is 25.2. The number of amides is 2. The van der Waals surface area contributed by atoms with Gasteiger partial charge in [-0.25, -0.2) is 0 Å². The highest BCUT2D eigenvalue weighted by molar-refractivity contribution is 5.94. The van der Waals surface area contributed by atoms with E-state index in [1.54, 1.807) is 6.92 Å². The molecular weight excluding hydrogens is 516 g/mol. The number of morpholine rings is 1. The number of piperidine rings is 1. The second-order valence-electron chi connectivity index (χ2n) is 12.1. The fourth-order valence-corrected chi connectivity index (χ4v) is 6.44. The number of aryl methyl sites for hydroxylation is 1. The van der Waals surface area contributed by atoms with E-state index in [0.717, 1.165) is 107 Å². The third kappa shape index (κ3) is 7.99. The van der Waals surface area contributed by atoms with Gasteiger partial charge < -0.3 is 19.0 Å². The van der Waals surface area contributed by atoms with Crippen LogP contribution in [-0.2, 0) is 29.2 Å². The molecule has 4 heterocycles. The number of carbonyl (C=O) groups is 2. The molecule has 3 aliphatic heterocycles. The number of furan rings is 1. The molecule has 1 aromatic carbocycles. The van der Waals surface area contributed by atoms with Crippen molar-refractivity contribution >= 4 is 17.5 Å². The van der Waals surface area contributed by atoms with Crippen LogP contribution in [0.25, 0.3) is 0 Å². The molecule has 2 amide bonds. The smallest absolute Gasteiger partial charge is 0.290 e. The van der Waals surface area contributed by atoms with Crippen molar-refractivity contribution in [2.75, 3.05) is 57.4 Å². The Morgan fingerprint density at radius 3 is 2.20 bits per heavy atom. The molecule has 0 unspecified atom stereocenters. The van der Waals surface area contributed by atoms with E-state index >= 15 is 0 Å². The minimum absolute atomic E-state index is 0.0499. The molecule has 2 saturated heterocycles. The van der Waals surface area contributed by atoms with Crippen molar-refractivity contribution in [1.29, 1.82) is 0 Å². The van der Waals surface area contributed by atoms with Crippen molar-refractivity contribution in [3.8, 4) is 0 Å². The molecule has 0 aliphatic carbocycles. The van der Waals surface area contributed by atoms with Crippen LogP contribution < -0.4 is 4.90 Å². The van der Waals surface area contributed by atoms with Gasteiger partial charge in [-0.15, -0.1) is 0 Å². The summed E-state index contributed by atoms with van der Waals surface area (Å²) in [5.74, 6) is 1.33. The van der Waals surface area contributed by atoms with Gasteiger partial charge in [-0.05, 0) is 69.0 Å². The summed E-state index contributed by atoms with van der Waals surface area (Å²) in [7, 11) is 0. The summed E-state index contributed by atoms with van der Waals surface area (Å²) in [5, 5.41) is 0. The van der Waals surface area contributed by atoms with E-state index in [9.17, 15) is 9.59 Å². The van der Waals surface area contributed by atoms with Crippen LogP contribution >= 0.6 is 0 Å². The Hall–Kier alpha value is -2.68. The standard InChI is InChI=1S/C33H48N4O4/c1-26-21-30(25-34-13-7-6-8-14-34)41-32(26)33(39)36-15-9-4-3-5-10-16-37(27(2)38)31-22-28(11-12-29(31)24-36)23-35-17-19-40-20-18-35/h11-12,21-22H,3-10,13-20,23-25H2,1-2H3. The van der Waals surface area contributed by atoms with Crippen LogP contribution in [0.3, 0.4) is 0 Å². The number of anilines is 1. The second-order valence-corrected chi connectivity index (χ2v) is 12.1. The highest BCUT2D eigenvalue weighted by atomic mass is 16.5. The van der Waals surface area contributed by atoms with Gasteiger partial charge in [0.1, 0.15) is 5.76 Å². The molecule has 0 radical (unpaired) electrons. The average Bonchev–Trinajstić information content (AvgIpc) is 3.33. The zero-order valence-electron chi connectivity index (χ0n) is 25.2. The van der Waals surface area contributed by atoms with Gasteiger partial charge in [-0.3, -0.25) is 19.4 Å². The quantitative estimate of drug-likeness (QED) is 0.487. The maximum atomic E-state index is 14.0. The lowest BCUT2D eigenvalue weighted by Gasteiger charge is -2.30. The van der Waals surface area contributed by atoms with Crippen molar-refractivity contribution < 1.29 is 18.7 Å². The number of fused-ring (bicyclic) bond motifs is 1. The number of benzene rings is 1. The summed E-state index contributed by atoms with van der Waals surface area (Å²) < 4.78 is 11.8. The topological polar surface area (TPSA) is 69.5 Å². The summed E-state index contributed by atoms with van der Waals surface area (Å²) in [6.07, 6.45) is 8.97. The number of likely N-dealkylation sites (tertiary alicyclic amines) is 1. The minimum Gasteiger partial charge on any atom is -0.454 e. The van der Waals surface area contributed by atoms with Gasteiger partial charge in [0.25, 0.3) is 5.91 Å². The monoisotopic (exact) mass is 564 g/mol. The van der Waals surface area contributed by atoms with Crippen molar-refractivity contribution in [1.82, 2.24) is 14.7 Å². The van der Waals surface area contributed by atoms with Crippen molar-refractivity contribution in [3.05, 3.63) is 52.5 Å². The minimum atomic E-state index is -0.0535. The second kappa shape index (κ2) is 14.5. The van der Waals surface area contributed by atoms with E-state index in [4.69, 9.17) is 9.15 Å². The van der Waals surface area contributed by atoms with Crippen LogP contribution in [0.15, 0.2) is 28.7 Å².